The molecule has 0 radical (unpaired) electrons. The summed E-state index contributed by atoms with van der Waals surface area (Å²) in [6.45, 7) is 4.32. The van der Waals surface area contributed by atoms with Gasteiger partial charge in [0, 0.05) is 18.1 Å². The summed E-state index contributed by atoms with van der Waals surface area (Å²) >= 11 is 5.97. The monoisotopic (exact) mass is 368 g/mol. The summed E-state index contributed by atoms with van der Waals surface area (Å²) in [4.78, 5) is 27.4. The van der Waals surface area contributed by atoms with E-state index in [2.05, 4.69) is 12.2 Å². The lowest BCUT2D eigenvalue weighted by Gasteiger charge is -2.31. The number of piperidine rings is 1. The van der Waals surface area contributed by atoms with Crippen molar-refractivity contribution in [1.82, 2.24) is 4.90 Å². The van der Waals surface area contributed by atoms with Crippen molar-refractivity contribution in [2.75, 3.05) is 45.7 Å². The second kappa shape index (κ2) is 9.06. The first-order valence-corrected chi connectivity index (χ1v) is 8.99. The number of hydrogen-bond donors (Lipinski definition) is 2. The molecule has 0 aliphatic carbocycles. The van der Waals surface area contributed by atoms with Crippen LogP contribution >= 0.6 is 11.6 Å². The fraction of sp³-hybridized carbons (Fsp3) is 0.556. The average molecular weight is 369 g/mol. The summed E-state index contributed by atoms with van der Waals surface area (Å²) in [6, 6.07) is 5.05. The van der Waals surface area contributed by atoms with Crippen molar-refractivity contribution in [2.45, 2.75) is 19.8 Å². The molecule has 1 aliphatic heterocycles. The zero-order valence-electron chi connectivity index (χ0n) is 15.1. The lowest BCUT2D eigenvalue weighted by molar-refractivity contribution is -0.862. The first kappa shape index (κ1) is 19.5. The number of carbonyl (C=O) groups excluding carboxylic acids is 2. The van der Waals surface area contributed by atoms with Crippen molar-refractivity contribution in [2.24, 2.45) is 5.92 Å². The molecule has 2 N–H and O–H groups in total. The van der Waals surface area contributed by atoms with Crippen molar-refractivity contribution in [1.29, 1.82) is 0 Å². The van der Waals surface area contributed by atoms with Crippen LogP contribution in [0.1, 0.15) is 19.8 Å². The quantitative estimate of drug-likeness (QED) is 0.789. The Labute approximate surface area is 154 Å². The number of ether oxygens (including phenoxy) is 1. The highest BCUT2D eigenvalue weighted by Gasteiger charge is 2.24. The molecule has 1 aliphatic rings. The number of halogens is 1. The van der Waals surface area contributed by atoms with E-state index in [1.54, 1.807) is 18.2 Å². The molecule has 1 saturated heterocycles. The van der Waals surface area contributed by atoms with E-state index in [0.717, 1.165) is 24.4 Å². The van der Waals surface area contributed by atoms with Gasteiger partial charge in [0.05, 0.1) is 19.8 Å². The molecule has 138 valence electrons. The molecule has 2 rings (SSSR count). The summed E-state index contributed by atoms with van der Waals surface area (Å²) in [5.74, 6) is 1.03. The van der Waals surface area contributed by atoms with Gasteiger partial charge >= 0.3 is 0 Å². The molecule has 1 heterocycles. The number of amides is 2. The summed E-state index contributed by atoms with van der Waals surface area (Å²) in [7, 11) is 3.38. The van der Waals surface area contributed by atoms with Crippen LogP contribution in [-0.2, 0) is 9.59 Å². The minimum Gasteiger partial charge on any atom is -0.495 e. The largest absolute Gasteiger partial charge is 0.495 e. The predicted octanol–water partition coefficient (Wildman–Crippen LogP) is 1.06. The van der Waals surface area contributed by atoms with Crippen molar-refractivity contribution in [3.05, 3.63) is 23.2 Å². The number of hydrogen-bond acceptors (Lipinski definition) is 3. The van der Waals surface area contributed by atoms with Crippen LogP contribution in [-0.4, -0.2) is 57.1 Å². The molecule has 1 aromatic carbocycles. The highest BCUT2D eigenvalue weighted by atomic mass is 35.5. The normalized spacial score (nSPS) is 18.6. The Hall–Kier alpha value is -1.79. The predicted molar refractivity (Wildman–Crippen MR) is 98.2 cm³/mol. The third kappa shape index (κ3) is 5.90. The molecule has 1 fully saturated rings. The Balaban J connectivity index is 1.85. The molecule has 1 aromatic rings. The summed E-state index contributed by atoms with van der Waals surface area (Å²) in [5, 5.41) is 3.32. The number of rotatable bonds is 6. The van der Waals surface area contributed by atoms with Crippen molar-refractivity contribution in [3.63, 3.8) is 0 Å². The zero-order valence-corrected chi connectivity index (χ0v) is 15.9. The molecule has 2 amide bonds. The molecule has 7 heteroatoms. The number of nitrogens with one attached hydrogen (secondary N) is 2. The van der Waals surface area contributed by atoms with Gasteiger partial charge in [0.15, 0.2) is 13.1 Å². The second-order valence-electron chi connectivity index (χ2n) is 6.79. The van der Waals surface area contributed by atoms with Crippen molar-refractivity contribution in [3.8, 4) is 5.75 Å². The van der Waals surface area contributed by atoms with E-state index in [1.165, 1.54) is 13.5 Å². The van der Waals surface area contributed by atoms with Gasteiger partial charge < -0.3 is 19.9 Å². The number of likely N-dealkylation sites (N-methyl/N-ethyl adjacent to an activating group) is 1. The van der Waals surface area contributed by atoms with Crippen LogP contribution < -0.4 is 15.0 Å². The number of likely N-dealkylation sites (tertiary alicyclic amines) is 1. The standard InChI is InChI=1S/C18H26ClN3O3/c1-13-5-4-8-22(10-13)18(24)12-21(2)11-17(23)20-15-9-14(19)6-7-16(15)25-3/h6-7,9,13H,4-5,8,10-12H2,1-3H3,(H,20,23)/p+1/t13-/m1/s1. The first-order chi connectivity index (χ1) is 11.9. The maximum atomic E-state index is 12.4. The molecular weight excluding hydrogens is 342 g/mol. The summed E-state index contributed by atoms with van der Waals surface area (Å²) in [5.41, 5.74) is 0.531. The van der Waals surface area contributed by atoms with Crippen LogP contribution in [0.2, 0.25) is 5.02 Å². The Bertz CT molecular complexity index is 624. The Morgan fingerprint density at radius 3 is 2.84 bits per heavy atom. The van der Waals surface area contributed by atoms with E-state index < -0.39 is 0 Å². The third-order valence-electron chi connectivity index (χ3n) is 4.36. The minimum absolute atomic E-state index is 0.109. The van der Waals surface area contributed by atoms with E-state index in [4.69, 9.17) is 16.3 Å². The van der Waals surface area contributed by atoms with E-state index in [9.17, 15) is 9.59 Å². The molecular formula is C18H27ClN3O3+. The fourth-order valence-corrected chi connectivity index (χ4v) is 3.27. The lowest BCUT2D eigenvalue weighted by atomic mass is 10.0. The van der Waals surface area contributed by atoms with Crippen LogP contribution in [0.3, 0.4) is 0 Å². The SMILES string of the molecule is COc1ccc(Cl)cc1NC(=O)C[NH+](C)CC(=O)N1CCC[C@@H](C)C1. The Kier molecular flexibility index (Phi) is 7.08. The maximum Gasteiger partial charge on any atom is 0.279 e. The van der Waals surface area contributed by atoms with E-state index >= 15 is 0 Å². The average Bonchev–Trinajstić information content (AvgIpc) is 2.54. The van der Waals surface area contributed by atoms with Crippen LogP contribution in [0.4, 0.5) is 5.69 Å². The Morgan fingerprint density at radius 2 is 2.16 bits per heavy atom. The van der Waals surface area contributed by atoms with Gasteiger partial charge in [-0.15, -0.1) is 0 Å². The number of quaternary nitrogens is 1. The molecule has 25 heavy (non-hydrogen) atoms. The topological polar surface area (TPSA) is 63.1 Å². The van der Waals surface area contributed by atoms with E-state index in [0.29, 0.717) is 28.9 Å². The third-order valence-corrected chi connectivity index (χ3v) is 4.60. The van der Waals surface area contributed by atoms with Gasteiger partial charge in [-0.2, -0.15) is 0 Å². The highest BCUT2D eigenvalue weighted by molar-refractivity contribution is 6.31. The Morgan fingerprint density at radius 1 is 1.40 bits per heavy atom. The molecule has 0 spiro atoms. The molecule has 0 aromatic heterocycles. The van der Waals surface area contributed by atoms with Gasteiger partial charge in [-0.25, -0.2) is 0 Å². The first-order valence-electron chi connectivity index (χ1n) is 8.61. The minimum atomic E-state index is -0.183. The molecule has 1 unspecified atom stereocenters. The van der Waals surface area contributed by atoms with Gasteiger partial charge in [-0.05, 0) is 37.0 Å². The number of methoxy groups -OCH3 is 1. The van der Waals surface area contributed by atoms with E-state index in [1.807, 2.05) is 11.9 Å². The molecule has 6 nitrogen and oxygen atoms in total. The molecule has 0 bridgehead atoms. The summed E-state index contributed by atoms with van der Waals surface area (Å²) in [6.07, 6.45) is 2.23. The van der Waals surface area contributed by atoms with E-state index in [-0.39, 0.29) is 18.4 Å². The fourth-order valence-electron chi connectivity index (χ4n) is 3.09. The summed E-state index contributed by atoms with van der Waals surface area (Å²) < 4.78 is 5.22. The second-order valence-corrected chi connectivity index (χ2v) is 7.23. The van der Waals surface area contributed by atoms with Crippen molar-refractivity contribution < 1.29 is 19.2 Å². The van der Waals surface area contributed by atoms with Gasteiger partial charge in [-0.1, -0.05) is 18.5 Å². The van der Waals surface area contributed by atoms with Crippen LogP contribution in [0.15, 0.2) is 18.2 Å². The zero-order chi connectivity index (χ0) is 18.4. The van der Waals surface area contributed by atoms with Gasteiger partial charge in [0.2, 0.25) is 0 Å². The number of anilines is 1. The van der Waals surface area contributed by atoms with Crippen LogP contribution in [0, 0.1) is 5.92 Å². The maximum absolute atomic E-state index is 12.4. The molecule has 2 atom stereocenters. The number of nitrogens with zero attached hydrogens (tertiary/aromatic N) is 1. The van der Waals surface area contributed by atoms with Crippen LogP contribution in [0.25, 0.3) is 0 Å². The number of benzene rings is 1. The van der Waals surface area contributed by atoms with Crippen molar-refractivity contribution >= 4 is 29.1 Å². The van der Waals surface area contributed by atoms with Crippen LogP contribution in [0.5, 0.6) is 5.75 Å². The number of carbonyl (C=O) groups is 2. The van der Waals surface area contributed by atoms with Gasteiger partial charge in [-0.3, -0.25) is 9.59 Å². The van der Waals surface area contributed by atoms with Gasteiger partial charge in [0.1, 0.15) is 5.75 Å². The van der Waals surface area contributed by atoms with Gasteiger partial charge in [0.25, 0.3) is 11.8 Å². The smallest absolute Gasteiger partial charge is 0.279 e. The lowest BCUT2D eigenvalue weighted by Crippen LogP contribution is -3.11. The molecule has 0 saturated carbocycles. The highest BCUT2D eigenvalue weighted by Crippen LogP contribution is 2.27.